The van der Waals surface area contributed by atoms with Gasteiger partial charge in [-0.05, 0) is 12.1 Å². The van der Waals surface area contributed by atoms with Crippen LogP contribution in [0.5, 0.6) is 0 Å². The SMILES string of the molecule is COC(=O)CCSC(=S)N1CCN(c2ccccc2)CC1. The highest BCUT2D eigenvalue weighted by Crippen LogP contribution is 2.18. The van der Waals surface area contributed by atoms with Crippen LogP contribution < -0.4 is 4.90 Å². The standard InChI is InChI=1S/C15H20N2O2S2/c1-19-14(18)7-12-21-15(20)17-10-8-16(9-11-17)13-5-3-2-4-6-13/h2-6H,7-12H2,1H3. The van der Waals surface area contributed by atoms with E-state index in [-0.39, 0.29) is 5.97 Å². The zero-order valence-corrected chi connectivity index (χ0v) is 13.8. The molecule has 1 aliphatic heterocycles. The minimum atomic E-state index is -0.181. The highest BCUT2D eigenvalue weighted by Gasteiger charge is 2.19. The molecule has 0 atom stereocenters. The van der Waals surface area contributed by atoms with Crippen molar-refractivity contribution >= 4 is 40.0 Å². The van der Waals surface area contributed by atoms with E-state index in [0.717, 1.165) is 30.5 Å². The first-order valence-corrected chi connectivity index (χ1v) is 8.38. The number of esters is 1. The maximum absolute atomic E-state index is 11.1. The van der Waals surface area contributed by atoms with Gasteiger partial charge in [-0.3, -0.25) is 4.79 Å². The van der Waals surface area contributed by atoms with Gasteiger partial charge in [0.1, 0.15) is 4.32 Å². The summed E-state index contributed by atoms with van der Waals surface area (Å²) in [6.45, 7) is 3.81. The van der Waals surface area contributed by atoms with E-state index < -0.39 is 0 Å². The van der Waals surface area contributed by atoms with E-state index in [1.165, 1.54) is 12.8 Å². The molecule has 0 spiro atoms. The molecule has 1 aromatic carbocycles. The Morgan fingerprint density at radius 1 is 1.24 bits per heavy atom. The van der Waals surface area contributed by atoms with E-state index >= 15 is 0 Å². The maximum atomic E-state index is 11.1. The van der Waals surface area contributed by atoms with Gasteiger partial charge in [0.15, 0.2) is 0 Å². The Bertz CT molecular complexity index is 474. The van der Waals surface area contributed by atoms with Crippen LogP contribution in [0.25, 0.3) is 0 Å². The van der Waals surface area contributed by atoms with Crippen LogP contribution in [0.1, 0.15) is 6.42 Å². The lowest BCUT2D eigenvalue weighted by molar-refractivity contribution is -0.140. The predicted octanol–water partition coefficient (Wildman–Crippen LogP) is 2.39. The number of hydrogen-bond acceptors (Lipinski definition) is 5. The molecule has 0 saturated carbocycles. The average molecular weight is 324 g/mol. The van der Waals surface area contributed by atoms with Gasteiger partial charge in [0.2, 0.25) is 0 Å². The van der Waals surface area contributed by atoms with Crippen LogP contribution in [0.4, 0.5) is 5.69 Å². The summed E-state index contributed by atoms with van der Waals surface area (Å²) in [5.41, 5.74) is 1.27. The number of thioether (sulfide) groups is 1. The second-order valence-corrected chi connectivity index (χ2v) is 6.48. The van der Waals surface area contributed by atoms with E-state index in [2.05, 4.69) is 38.8 Å². The summed E-state index contributed by atoms with van der Waals surface area (Å²) in [6.07, 6.45) is 0.408. The van der Waals surface area contributed by atoms with Gasteiger partial charge < -0.3 is 14.5 Å². The first-order valence-electron chi connectivity index (χ1n) is 6.99. The number of anilines is 1. The molecule has 21 heavy (non-hydrogen) atoms. The summed E-state index contributed by atoms with van der Waals surface area (Å²) < 4.78 is 5.51. The van der Waals surface area contributed by atoms with Gasteiger partial charge >= 0.3 is 5.97 Å². The molecule has 1 aromatic rings. The van der Waals surface area contributed by atoms with Crippen molar-refractivity contribution in [3.8, 4) is 0 Å². The van der Waals surface area contributed by atoms with Crippen molar-refractivity contribution in [1.29, 1.82) is 0 Å². The fourth-order valence-electron chi connectivity index (χ4n) is 2.20. The molecule has 1 heterocycles. The van der Waals surface area contributed by atoms with E-state index in [0.29, 0.717) is 12.2 Å². The Labute approximate surface area is 135 Å². The lowest BCUT2D eigenvalue weighted by atomic mass is 10.2. The van der Waals surface area contributed by atoms with Crippen LogP contribution in [0, 0.1) is 0 Å². The third kappa shape index (κ3) is 4.89. The molecule has 4 nitrogen and oxygen atoms in total. The van der Waals surface area contributed by atoms with Crippen molar-refractivity contribution in [2.45, 2.75) is 6.42 Å². The number of para-hydroxylation sites is 1. The summed E-state index contributed by atoms with van der Waals surface area (Å²) >= 11 is 7.00. The van der Waals surface area contributed by atoms with Crippen molar-refractivity contribution < 1.29 is 9.53 Å². The molecule has 114 valence electrons. The lowest BCUT2D eigenvalue weighted by Gasteiger charge is -2.37. The number of carbonyl (C=O) groups is 1. The summed E-state index contributed by atoms with van der Waals surface area (Å²) in [7, 11) is 1.41. The van der Waals surface area contributed by atoms with E-state index in [4.69, 9.17) is 12.2 Å². The molecule has 0 N–H and O–H groups in total. The average Bonchev–Trinajstić information content (AvgIpc) is 2.55. The summed E-state index contributed by atoms with van der Waals surface area (Å²) in [4.78, 5) is 15.7. The van der Waals surface area contributed by atoms with Crippen molar-refractivity contribution in [2.75, 3.05) is 43.9 Å². The van der Waals surface area contributed by atoms with Gasteiger partial charge in [0.25, 0.3) is 0 Å². The first-order chi connectivity index (χ1) is 10.2. The number of piperazine rings is 1. The van der Waals surface area contributed by atoms with Crippen molar-refractivity contribution in [3.05, 3.63) is 30.3 Å². The topological polar surface area (TPSA) is 32.8 Å². The molecule has 0 aliphatic carbocycles. The Morgan fingerprint density at radius 3 is 2.52 bits per heavy atom. The number of benzene rings is 1. The summed E-state index contributed by atoms with van der Waals surface area (Å²) in [5, 5.41) is 0. The molecule has 0 amide bonds. The molecule has 1 saturated heterocycles. The zero-order valence-electron chi connectivity index (χ0n) is 12.2. The second kappa shape index (κ2) is 8.24. The van der Waals surface area contributed by atoms with Gasteiger partial charge in [-0.1, -0.05) is 42.2 Å². The molecule has 0 aromatic heterocycles. The minimum absolute atomic E-state index is 0.181. The largest absolute Gasteiger partial charge is 0.469 e. The molecule has 0 bridgehead atoms. The van der Waals surface area contributed by atoms with Crippen LogP contribution in [-0.4, -0.2) is 54.2 Å². The molecule has 1 fully saturated rings. The molecular formula is C15H20N2O2S2. The van der Waals surface area contributed by atoms with Gasteiger partial charge in [-0.15, -0.1) is 0 Å². The molecule has 2 rings (SSSR count). The Kier molecular flexibility index (Phi) is 6.32. The molecular weight excluding hydrogens is 304 g/mol. The van der Waals surface area contributed by atoms with E-state index in [1.807, 2.05) is 6.07 Å². The Hall–Kier alpha value is -1.27. The first kappa shape index (κ1) is 16.1. The van der Waals surface area contributed by atoms with Gasteiger partial charge in [0.05, 0.1) is 13.5 Å². The lowest BCUT2D eigenvalue weighted by Crippen LogP contribution is -2.47. The second-order valence-electron chi connectivity index (χ2n) is 4.75. The van der Waals surface area contributed by atoms with Crippen LogP contribution in [0.15, 0.2) is 30.3 Å². The number of thiocarbonyl (C=S) groups is 1. The van der Waals surface area contributed by atoms with Crippen molar-refractivity contribution in [1.82, 2.24) is 4.90 Å². The predicted molar refractivity (Wildman–Crippen MR) is 91.9 cm³/mol. The minimum Gasteiger partial charge on any atom is -0.469 e. The fraction of sp³-hybridized carbons (Fsp3) is 0.467. The monoisotopic (exact) mass is 324 g/mol. The number of methoxy groups -OCH3 is 1. The summed E-state index contributed by atoms with van der Waals surface area (Å²) in [6, 6.07) is 10.4. The van der Waals surface area contributed by atoms with Gasteiger partial charge in [-0.25, -0.2) is 0 Å². The number of nitrogens with zero attached hydrogens (tertiary/aromatic N) is 2. The smallest absolute Gasteiger partial charge is 0.306 e. The quantitative estimate of drug-likeness (QED) is 0.625. The number of hydrogen-bond donors (Lipinski definition) is 0. The van der Waals surface area contributed by atoms with Gasteiger partial charge in [-0.2, -0.15) is 0 Å². The molecule has 1 aliphatic rings. The third-order valence-electron chi connectivity index (χ3n) is 3.42. The molecule has 6 heteroatoms. The van der Waals surface area contributed by atoms with Gasteiger partial charge in [0, 0.05) is 37.6 Å². The number of ether oxygens (including phenoxy) is 1. The van der Waals surface area contributed by atoms with Crippen molar-refractivity contribution in [2.24, 2.45) is 0 Å². The molecule has 0 unspecified atom stereocenters. The third-order valence-corrected chi connectivity index (χ3v) is 4.94. The van der Waals surface area contributed by atoms with Crippen LogP contribution in [0.3, 0.4) is 0 Å². The highest BCUT2D eigenvalue weighted by molar-refractivity contribution is 8.22. The number of carbonyl (C=O) groups excluding carboxylic acids is 1. The molecule has 0 radical (unpaired) electrons. The van der Waals surface area contributed by atoms with E-state index in [9.17, 15) is 4.79 Å². The Balaban J connectivity index is 1.73. The van der Waals surface area contributed by atoms with E-state index in [1.54, 1.807) is 11.8 Å². The fourth-order valence-corrected chi connectivity index (χ4v) is 3.44. The van der Waals surface area contributed by atoms with Crippen molar-refractivity contribution in [3.63, 3.8) is 0 Å². The van der Waals surface area contributed by atoms with Crippen LogP contribution in [0.2, 0.25) is 0 Å². The van der Waals surface area contributed by atoms with Crippen LogP contribution >= 0.6 is 24.0 Å². The number of rotatable bonds is 4. The Morgan fingerprint density at radius 2 is 1.90 bits per heavy atom. The normalized spacial score (nSPS) is 14.9. The van der Waals surface area contributed by atoms with Crippen LogP contribution in [-0.2, 0) is 9.53 Å². The maximum Gasteiger partial charge on any atom is 0.306 e. The highest BCUT2D eigenvalue weighted by atomic mass is 32.2. The zero-order chi connectivity index (χ0) is 15.1. The summed E-state index contributed by atoms with van der Waals surface area (Å²) in [5.74, 6) is 0.504.